The molecule has 23 heavy (non-hydrogen) atoms. The Hall–Kier alpha value is -1.60. The number of benzene rings is 1. The monoisotopic (exact) mass is 338 g/mol. The first-order valence-electron chi connectivity index (χ1n) is 7.97. The van der Waals surface area contributed by atoms with E-state index >= 15 is 0 Å². The summed E-state index contributed by atoms with van der Waals surface area (Å²) in [7, 11) is -3.67. The Morgan fingerprint density at radius 3 is 2.65 bits per heavy atom. The van der Waals surface area contributed by atoms with Gasteiger partial charge in [0.1, 0.15) is 11.0 Å². The molecule has 6 nitrogen and oxygen atoms in total. The quantitative estimate of drug-likeness (QED) is 0.879. The minimum absolute atomic E-state index is 0.0307. The van der Waals surface area contributed by atoms with Crippen molar-refractivity contribution in [1.29, 1.82) is 0 Å². The van der Waals surface area contributed by atoms with Gasteiger partial charge < -0.3 is 9.64 Å². The number of sulfonamides is 1. The van der Waals surface area contributed by atoms with E-state index in [0.717, 1.165) is 24.2 Å². The van der Waals surface area contributed by atoms with Gasteiger partial charge in [-0.15, -0.1) is 0 Å². The molecule has 3 rings (SSSR count). The lowest BCUT2D eigenvalue weighted by Crippen LogP contribution is -2.31. The van der Waals surface area contributed by atoms with Crippen molar-refractivity contribution in [2.24, 2.45) is 5.14 Å². The maximum absolute atomic E-state index is 12.0. The van der Waals surface area contributed by atoms with Crippen molar-refractivity contribution < 1.29 is 17.9 Å². The number of rotatable bonds is 5. The summed E-state index contributed by atoms with van der Waals surface area (Å²) >= 11 is 0. The van der Waals surface area contributed by atoms with Gasteiger partial charge in [-0.2, -0.15) is 0 Å². The van der Waals surface area contributed by atoms with E-state index in [4.69, 9.17) is 9.88 Å². The molecule has 2 N–H and O–H groups in total. The first-order chi connectivity index (χ1) is 10.9. The molecular weight excluding hydrogens is 316 g/mol. The van der Waals surface area contributed by atoms with Crippen molar-refractivity contribution in [3.05, 3.63) is 29.8 Å². The molecule has 0 radical (unpaired) electrons. The molecule has 1 aliphatic carbocycles. The first kappa shape index (κ1) is 16.3. The van der Waals surface area contributed by atoms with Crippen LogP contribution in [-0.2, 0) is 21.4 Å². The lowest BCUT2D eigenvalue weighted by Gasteiger charge is -2.18. The number of amides is 1. The van der Waals surface area contributed by atoms with Crippen molar-refractivity contribution in [1.82, 2.24) is 4.90 Å². The second-order valence-corrected chi connectivity index (χ2v) is 8.21. The molecule has 1 aromatic carbocycles. The Bertz CT molecular complexity index is 683. The SMILES string of the molecule is NS(=O)(=O)C1CC(=O)N(Cc2cccc(OC3CCCC3)c2)C1. The highest BCUT2D eigenvalue weighted by atomic mass is 32.2. The van der Waals surface area contributed by atoms with Gasteiger partial charge in [0.25, 0.3) is 0 Å². The van der Waals surface area contributed by atoms with Crippen molar-refractivity contribution >= 4 is 15.9 Å². The topological polar surface area (TPSA) is 89.7 Å². The zero-order chi connectivity index (χ0) is 16.4. The molecule has 1 heterocycles. The fourth-order valence-electron chi connectivity index (χ4n) is 3.25. The maximum Gasteiger partial charge on any atom is 0.224 e. The molecule has 1 atom stereocenters. The second kappa shape index (κ2) is 6.49. The van der Waals surface area contributed by atoms with Crippen LogP contribution in [-0.4, -0.2) is 37.1 Å². The number of hydrogen-bond donors (Lipinski definition) is 1. The van der Waals surface area contributed by atoms with Crippen molar-refractivity contribution in [2.45, 2.75) is 50.0 Å². The van der Waals surface area contributed by atoms with Crippen LogP contribution in [0.1, 0.15) is 37.7 Å². The molecule has 0 bridgehead atoms. The molecule has 0 spiro atoms. The number of nitrogens with zero attached hydrogens (tertiary/aromatic N) is 1. The number of primary sulfonamides is 1. The summed E-state index contributed by atoms with van der Waals surface area (Å²) in [5.74, 6) is 0.634. The Labute approximate surface area is 136 Å². The van der Waals surface area contributed by atoms with Crippen LogP contribution in [0.2, 0.25) is 0 Å². The molecule has 7 heteroatoms. The first-order valence-corrected chi connectivity index (χ1v) is 9.58. The molecule has 1 aliphatic heterocycles. The van der Waals surface area contributed by atoms with Crippen LogP contribution >= 0.6 is 0 Å². The minimum atomic E-state index is -3.67. The molecule has 2 fully saturated rings. The van der Waals surface area contributed by atoms with Gasteiger partial charge in [0, 0.05) is 19.5 Å². The number of ether oxygens (including phenoxy) is 1. The molecular formula is C16H22N2O4S. The number of likely N-dealkylation sites (tertiary alicyclic amines) is 1. The second-order valence-electron chi connectivity index (χ2n) is 6.36. The highest BCUT2D eigenvalue weighted by molar-refractivity contribution is 7.89. The molecule has 1 unspecified atom stereocenters. The van der Waals surface area contributed by atoms with E-state index in [1.807, 2.05) is 24.3 Å². The minimum Gasteiger partial charge on any atom is -0.490 e. The average molecular weight is 338 g/mol. The number of carbonyl (C=O) groups excluding carboxylic acids is 1. The Morgan fingerprint density at radius 2 is 2.00 bits per heavy atom. The van der Waals surface area contributed by atoms with Crippen LogP contribution in [0.25, 0.3) is 0 Å². The summed E-state index contributed by atoms with van der Waals surface area (Å²) in [5, 5.41) is 4.35. The zero-order valence-corrected chi connectivity index (χ0v) is 13.8. The Morgan fingerprint density at radius 1 is 1.26 bits per heavy atom. The summed E-state index contributed by atoms with van der Waals surface area (Å²) in [4.78, 5) is 13.5. The molecule has 1 amide bonds. The van der Waals surface area contributed by atoms with E-state index in [1.165, 1.54) is 12.8 Å². The van der Waals surface area contributed by atoms with Crippen LogP contribution in [0.15, 0.2) is 24.3 Å². The molecule has 126 valence electrons. The lowest BCUT2D eigenvalue weighted by molar-refractivity contribution is -0.128. The largest absolute Gasteiger partial charge is 0.490 e. The highest BCUT2D eigenvalue weighted by Gasteiger charge is 2.36. The number of carbonyl (C=O) groups is 1. The van der Waals surface area contributed by atoms with E-state index < -0.39 is 15.3 Å². The van der Waals surface area contributed by atoms with E-state index in [0.29, 0.717) is 6.54 Å². The maximum atomic E-state index is 12.0. The van der Waals surface area contributed by atoms with Gasteiger partial charge in [-0.25, -0.2) is 13.6 Å². The fraction of sp³-hybridized carbons (Fsp3) is 0.562. The summed E-state index contributed by atoms with van der Waals surface area (Å²) in [6.45, 7) is 0.540. The van der Waals surface area contributed by atoms with Gasteiger partial charge in [0.15, 0.2) is 0 Å². The van der Waals surface area contributed by atoms with Crippen molar-refractivity contribution in [2.75, 3.05) is 6.54 Å². The molecule has 1 aromatic rings. The zero-order valence-electron chi connectivity index (χ0n) is 13.0. The number of hydrogen-bond acceptors (Lipinski definition) is 4. The van der Waals surface area contributed by atoms with E-state index in [-0.39, 0.29) is 25.0 Å². The van der Waals surface area contributed by atoms with Crippen molar-refractivity contribution in [3.8, 4) is 5.75 Å². The average Bonchev–Trinajstić information content (AvgIpc) is 3.10. The van der Waals surface area contributed by atoms with E-state index in [2.05, 4.69) is 0 Å². The molecule has 1 saturated carbocycles. The van der Waals surface area contributed by atoms with E-state index in [9.17, 15) is 13.2 Å². The summed E-state index contributed by atoms with van der Waals surface area (Å²) in [6, 6.07) is 7.66. The normalized spacial score (nSPS) is 22.7. The Kier molecular flexibility index (Phi) is 4.59. The van der Waals surface area contributed by atoms with Gasteiger partial charge >= 0.3 is 0 Å². The third-order valence-electron chi connectivity index (χ3n) is 4.52. The van der Waals surface area contributed by atoms with E-state index in [1.54, 1.807) is 4.90 Å². The van der Waals surface area contributed by atoms with Gasteiger partial charge in [-0.05, 0) is 43.4 Å². The van der Waals surface area contributed by atoms with Gasteiger partial charge in [0.05, 0.1) is 6.10 Å². The molecule has 2 aliphatic rings. The van der Waals surface area contributed by atoms with Crippen LogP contribution < -0.4 is 9.88 Å². The van der Waals surface area contributed by atoms with Crippen LogP contribution in [0, 0.1) is 0 Å². The van der Waals surface area contributed by atoms with Gasteiger partial charge in [-0.1, -0.05) is 12.1 Å². The number of nitrogens with two attached hydrogens (primary N) is 1. The molecule has 0 aromatic heterocycles. The molecule has 1 saturated heterocycles. The van der Waals surface area contributed by atoms with Crippen LogP contribution in [0.4, 0.5) is 0 Å². The fourth-order valence-corrected chi connectivity index (χ4v) is 4.01. The smallest absolute Gasteiger partial charge is 0.224 e. The summed E-state index contributed by atoms with van der Waals surface area (Å²) in [6.07, 6.45) is 4.85. The lowest BCUT2D eigenvalue weighted by atomic mass is 10.2. The van der Waals surface area contributed by atoms with Gasteiger partial charge in [0.2, 0.25) is 15.9 Å². The standard InChI is InChI=1S/C16H22N2O4S/c17-23(20,21)15-9-16(19)18(11-15)10-12-4-3-7-14(8-12)22-13-5-1-2-6-13/h3-4,7-8,13,15H,1-2,5-6,9-11H2,(H2,17,20,21). The van der Waals surface area contributed by atoms with Crippen molar-refractivity contribution in [3.63, 3.8) is 0 Å². The highest BCUT2D eigenvalue weighted by Crippen LogP contribution is 2.26. The Balaban J connectivity index is 1.65. The summed E-state index contributed by atoms with van der Waals surface area (Å²) in [5.41, 5.74) is 0.934. The van der Waals surface area contributed by atoms with Crippen LogP contribution in [0.5, 0.6) is 5.75 Å². The van der Waals surface area contributed by atoms with Gasteiger partial charge in [-0.3, -0.25) is 4.79 Å². The third-order valence-corrected chi connectivity index (χ3v) is 5.77. The summed E-state index contributed by atoms with van der Waals surface area (Å²) < 4.78 is 28.8. The predicted molar refractivity (Wildman–Crippen MR) is 86.3 cm³/mol. The van der Waals surface area contributed by atoms with Crippen LogP contribution in [0.3, 0.4) is 0 Å². The third kappa shape index (κ3) is 4.03. The predicted octanol–water partition coefficient (Wildman–Crippen LogP) is 1.40.